The summed E-state index contributed by atoms with van der Waals surface area (Å²) >= 11 is 8.49. The maximum absolute atomic E-state index is 12.4. The van der Waals surface area contributed by atoms with Gasteiger partial charge in [-0.1, -0.05) is 29.8 Å². The molecule has 1 aliphatic rings. The molecule has 0 aliphatic carbocycles. The van der Waals surface area contributed by atoms with Gasteiger partial charge in [0.2, 0.25) is 0 Å². The van der Waals surface area contributed by atoms with E-state index in [0.717, 1.165) is 5.56 Å². The molecule has 0 atom stereocenters. The molecule has 0 saturated carbocycles. The number of likely N-dealkylation sites (N-methyl/N-ethyl adjacent to an activating group) is 1. The molecule has 2 aromatic carbocycles. The summed E-state index contributed by atoms with van der Waals surface area (Å²) in [5.74, 6) is 0.0741. The van der Waals surface area contributed by atoms with Crippen molar-refractivity contribution in [2.24, 2.45) is 0 Å². The lowest BCUT2D eigenvalue weighted by atomic mass is 10.1. The number of nitrogens with zero attached hydrogens (tertiary/aromatic N) is 1. The minimum atomic E-state index is -0.531. The van der Waals surface area contributed by atoms with Crippen molar-refractivity contribution >= 4 is 51.2 Å². The van der Waals surface area contributed by atoms with Crippen molar-refractivity contribution in [1.82, 2.24) is 10.2 Å². The minimum absolute atomic E-state index is 0.00577. The molecule has 1 N–H and O–H groups in total. The third-order valence-electron chi connectivity index (χ3n) is 4.45. The highest BCUT2D eigenvalue weighted by Gasteiger charge is 2.30. The molecule has 0 unspecified atom stereocenters. The Morgan fingerprint density at radius 3 is 2.53 bits per heavy atom. The number of hydrogen-bond acceptors (Lipinski definition) is 5. The summed E-state index contributed by atoms with van der Waals surface area (Å²) in [4.78, 5) is 25.9. The largest absolute Gasteiger partial charge is 0.490 e. The molecule has 1 heterocycles. The molecule has 1 fully saturated rings. The number of amides is 2. The first-order valence-electron chi connectivity index (χ1n) is 9.30. The Morgan fingerprint density at radius 2 is 1.87 bits per heavy atom. The molecule has 2 aromatic rings. The number of carbonyl (C=O) groups is 2. The van der Waals surface area contributed by atoms with E-state index in [4.69, 9.17) is 21.7 Å². The van der Waals surface area contributed by atoms with E-state index in [-0.39, 0.29) is 10.7 Å². The van der Waals surface area contributed by atoms with Crippen LogP contribution in [-0.4, -0.2) is 35.5 Å². The highest BCUT2D eigenvalue weighted by atomic mass is 79.9. The van der Waals surface area contributed by atoms with Crippen molar-refractivity contribution in [2.45, 2.75) is 20.5 Å². The highest BCUT2D eigenvalue weighted by molar-refractivity contribution is 9.10. The zero-order valence-electron chi connectivity index (χ0n) is 16.8. The van der Waals surface area contributed by atoms with Crippen LogP contribution in [0.5, 0.6) is 11.5 Å². The molecule has 3 rings (SSSR count). The van der Waals surface area contributed by atoms with Gasteiger partial charge in [-0.15, -0.1) is 0 Å². The molecule has 8 heteroatoms. The number of ether oxygens (including phenoxy) is 2. The van der Waals surface area contributed by atoms with Gasteiger partial charge < -0.3 is 9.47 Å². The van der Waals surface area contributed by atoms with E-state index in [1.807, 2.05) is 38.1 Å². The van der Waals surface area contributed by atoms with Crippen molar-refractivity contribution in [3.63, 3.8) is 0 Å². The monoisotopic (exact) mass is 488 g/mol. The number of rotatable bonds is 6. The molecule has 0 spiro atoms. The fourth-order valence-electron chi connectivity index (χ4n) is 2.83. The summed E-state index contributed by atoms with van der Waals surface area (Å²) < 4.78 is 12.4. The Morgan fingerprint density at radius 1 is 1.17 bits per heavy atom. The fourth-order valence-corrected chi connectivity index (χ4v) is 3.58. The van der Waals surface area contributed by atoms with Crippen LogP contribution in [0.15, 0.2) is 46.4 Å². The van der Waals surface area contributed by atoms with E-state index in [1.54, 1.807) is 12.1 Å². The van der Waals surface area contributed by atoms with Gasteiger partial charge in [0.1, 0.15) is 12.2 Å². The van der Waals surface area contributed by atoms with Crippen LogP contribution >= 0.6 is 28.1 Å². The Balaban J connectivity index is 1.90. The quantitative estimate of drug-likeness (QED) is 0.378. The number of halogens is 1. The van der Waals surface area contributed by atoms with Gasteiger partial charge in [-0.3, -0.25) is 19.8 Å². The molecular formula is C22H21BrN2O4S. The van der Waals surface area contributed by atoms with E-state index in [0.29, 0.717) is 34.7 Å². The predicted octanol–water partition coefficient (Wildman–Crippen LogP) is 3.99. The van der Waals surface area contributed by atoms with Crippen LogP contribution in [0.4, 0.5) is 0 Å². The lowest BCUT2D eigenvalue weighted by Crippen LogP contribution is -2.52. The van der Waals surface area contributed by atoms with Crippen LogP contribution in [0.3, 0.4) is 0 Å². The predicted molar refractivity (Wildman–Crippen MR) is 122 cm³/mol. The Bertz CT molecular complexity index is 1030. The van der Waals surface area contributed by atoms with Gasteiger partial charge in [-0.25, -0.2) is 0 Å². The van der Waals surface area contributed by atoms with Gasteiger partial charge in [0.05, 0.1) is 11.1 Å². The maximum Gasteiger partial charge on any atom is 0.265 e. The molecule has 1 aliphatic heterocycles. The number of aryl methyl sites for hydroxylation is 1. The summed E-state index contributed by atoms with van der Waals surface area (Å²) in [6.45, 7) is 4.72. The van der Waals surface area contributed by atoms with Crippen LogP contribution in [0, 0.1) is 6.92 Å². The van der Waals surface area contributed by atoms with Crippen LogP contribution in [0.1, 0.15) is 23.6 Å². The van der Waals surface area contributed by atoms with E-state index < -0.39 is 11.8 Å². The number of thiocarbonyl (C=S) groups is 1. The van der Waals surface area contributed by atoms with Gasteiger partial charge in [0.25, 0.3) is 11.8 Å². The maximum atomic E-state index is 12.4. The third kappa shape index (κ3) is 4.88. The summed E-state index contributed by atoms with van der Waals surface area (Å²) in [6.07, 6.45) is 1.51. The van der Waals surface area contributed by atoms with Gasteiger partial charge in [0.15, 0.2) is 16.6 Å². The average molecular weight is 489 g/mol. The Kier molecular flexibility index (Phi) is 6.89. The second kappa shape index (κ2) is 9.40. The fraction of sp³-hybridized carbons (Fsp3) is 0.227. The Hall–Kier alpha value is -2.71. The van der Waals surface area contributed by atoms with Crippen molar-refractivity contribution in [1.29, 1.82) is 0 Å². The lowest BCUT2D eigenvalue weighted by molar-refractivity contribution is -0.128. The minimum Gasteiger partial charge on any atom is -0.490 e. The lowest BCUT2D eigenvalue weighted by Gasteiger charge is -2.25. The van der Waals surface area contributed by atoms with E-state index in [2.05, 4.69) is 21.2 Å². The second-order valence-electron chi connectivity index (χ2n) is 6.72. The van der Waals surface area contributed by atoms with Crippen molar-refractivity contribution in [3.05, 3.63) is 63.1 Å². The Labute approximate surface area is 189 Å². The highest BCUT2D eigenvalue weighted by Crippen LogP contribution is 2.38. The molecule has 6 nitrogen and oxygen atoms in total. The first-order chi connectivity index (χ1) is 14.3. The molecule has 0 bridgehead atoms. The standard InChI is InChI=1S/C22H21BrN2O4S/c1-4-28-18-11-15(9-16-20(26)24-22(30)25(3)21(16)27)10-17(23)19(18)29-12-14-7-5-13(2)6-8-14/h5-11H,4,12H2,1-3H3,(H,24,26,30)/b16-9+. The van der Waals surface area contributed by atoms with Crippen LogP contribution in [0.25, 0.3) is 6.08 Å². The van der Waals surface area contributed by atoms with Crippen molar-refractivity contribution in [2.75, 3.05) is 13.7 Å². The summed E-state index contributed by atoms with van der Waals surface area (Å²) in [6, 6.07) is 11.6. The van der Waals surface area contributed by atoms with Gasteiger partial charge in [-0.05, 0) is 71.3 Å². The van der Waals surface area contributed by atoms with Crippen LogP contribution < -0.4 is 14.8 Å². The average Bonchev–Trinajstić information content (AvgIpc) is 2.70. The van der Waals surface area contributed by atoms with E-state index in [9.17, 15) is 9.59 Å². The third-order valence-corrected chi connectivity index (χ3v) is 5.42. The van der Waals surface area contributed by atoms with Crippen molar-refractivity contribution < 1.29 is 19.1 Å². The van der Waals surface area contributed by atoms with E-state index >= 15 is 0 Å². The summed E-state index contributed by atoms with van der Waals surface area (Å²) in [5, 5.41) is 2.58. The first-order valence-corrected chi connectivity index (χ1v) is 10.5. The van der Waals surface area contributed by atoms with Gasteiger partial charge >= 0.3 is 0 Å². The topological polar surface area (TPSA) is 67.9 Å². The van der Waals surface area contributed by atoms with Gasteiger partial charge in [0, 0.05) is 7.05 Å². The smallest absolute Gasteiger partial charge is 0.265 e. The summed E-state index contributed by atoms with van der Waals surface area (Å²) in [7, 11) is 1.52. The molecular weight excluding hydrogens is 468 g/mol. The summed E-state index contributed by atoms with van der Waals surface area (Å²) in [5.41, 5.74) is 2.83. The number of hydrogen-bond donors (Lipinski definition) is 1. The van der Waals surface area contributed by atoms with Crippen LogP contribution in [0.2, 0.25) is 0 Å². The molecule has 156 valence electrons. The molecule has 2 amide bonds. The molecule has 0 radical (unpaired) electrons. The van der Waals surface area contributed by atoms with Crippen LogP contribution in [-0.2, 0) is 16.2 Å². The first kappa shape index (κ1) is 22.0. The zero-order chi connectivity index (χ0) is 21.8. The van der Waals surface area contributed by atoms with E-state index in [1.165, 1.54) is 23.6 Å². The second-order valence-corrected chi connectivity index (χ2v) is 7.96. The molecule has 30 heavy (non-hydrogen) atoms. The molecule has 0 aromatic heterocycles. The normalized spacial score (nSPS) is 15.4. The molecule has 1 saturated heterocycles. The van der Waals surface area contributed by atoms with Gasteiger partial charge in [-0.2, -0.15) is 0 Å². The SMILES string of the molecule is CCOc1cc(/C=C2\C(=O)NC(=S)N(C)C2=O)cc(Br)c1OCc1ccc(C)cc1. The number of nitrogens with one attached hydrogen (secondary N) is 1. The number of benzene rings is 2. The number of carbonyl (C=O) groups excluding carboxylic acids is 2. The zero-order valence-corrected chi connectivity index (χ0v) is 19.2. The van der Waals surface area contributed by atoms with Crippen molar-refractivity contribution in [3.8, 4) is 11.5 Å².